The van der Waals surface area contributed by atoms with Crippen LogP contribution < -0.4 is 5.11 Å². The maximum Gasteiger partial charge on any atom is 0.331 e. The molecule has 0 saturated heterocycles. The quantitative estimate of drug-likeness (QED) is 0.0664. The van der Waals surface area contributed by atoms with Crippen molar-refractivity contribution < 1.29 is 61.4 Å². The molecular weight excluding hydrogens is 512 g/mol. The van der Waals surface area contributed by atoms with Gasteiger partial charge in [0.05, 0.1) is 106 Å². The lowest BCUT2D eigenvalue weighted by Crippen LogP contribution is -2.34. The molecule has 0 rings (SSSR count). The molecule has 14 heteroatoms. The van der Waals surface area contributed by atoms with Crippen LogP contribution >= 0.6 is 0 Å². The topological polar surface area (TPSA) is 150 Å². The third-order valence-corrected chi connectivity index (χ3v) is 6.31. The first-order valence-corrected chi connectivity index (χ1v) is 15.3. The largest absolute Gasteiger partial charge is 0.550 e. The summed E-state index contributed by atoms with van der Waals surface area (Å²) in [5, 5.41) is 10.2. The van der Waals surface area contributed by atoms with Crippen LogP contribution in [0.3, 0.4) is 0 Å². The van der Waals surface area contributed by atoms with Gasteiger partial charge < -0.3 is 56.6 Å². The molecule has 0 aromatic rings. The van der Waals surface area contributed by atoms with Gasteiger partial charge in [0.1, 0.15) is 6.61 Å². The van der Waals surface area contributed by atoms with Gasteiger partial charge in [0, 0.05) is 13.1 Å². The van der Waals surface area contributed by atoms with Gasteiger partial charge in [-0.2, -0.15) is 0 Å². The smallest absolute Gasteiger partial charge is 0.331 e. The summed E-state index contributed by atoms with van der Waals surface area (Å²) in [6, 6.07) is 0. The standard InChI is InChI=1S/C23H46O13Si/c1-27-37(2,3)36-21-19-34-17-15-32-13-11-30-9-7-28-6-8-29-10-12-31-14-16-33-18-20-35-23(26)5-4-22(24)25/h4-21H2,1-3H3,(H,24,25)/p-1. The molecule has 0 aliphatic heterocycles. The minimum atomic E-state index is -1.98. The number of esters is 1. The summed E-state index contributed by atoms with van der Waals surface area (Å²) >= 11 is 0. The van der Waals surface area contributed by atoms with Crippen LogP contribution in [0.5, 0.6) is 0 Å². The van der Waals surface area contributed by atoms with Gasteiger partial charge in [-0.25, -0.2) is 0 Å². The maximum absolute atomic E-state index is 11.2. The molecule has 13 nitrogen and oxygen atoms in total. The Bertz CT molecular complexity index is 537. The summed E-state index contributed by atoms with van der Waals surface area (Å²) in [4.78, 5) is 21.4. The minimum Gasteiger partial charge on any atom is -0.550 e. The summed E-state index contributed by atoms with van der Waals surface area (Å²) in [5.41, 5.74) is 0. The summed E-state index contributed by atoms with van der Waals surface area (Å²) in [6.45, 7) is 10.8. The van der Waals surface area contributed by atoms with Crippen LogP contribution in [0.2, 0.25) is 13.1 Å². The van der Waals surface area contributed by atoms with Gasteiger partial charge in [-0.1, -0.05) is 0 Å². The van der Waals surface area contributed by atoms with Gasteiger partial charge in [0.15, 0.2) is 0 Å². The number of aliphatic carboxylic acids is 1. The van der Waals surface area contributed by atoms with Gasteiger partial charge in [0.25, 0.3) is 0 Å². The highest BCUT2D eigenvalue weighted by atomic mass is 28.4. The molecular formula is C23H45O13Si-. The first-order chi connectivity index (χ1) is 17.9. The van der Waals surface area contributed by atoms with E-state index in [9.17, 15) is 14.7 Å². The van der Waals surface area contributed by atoms with Gasteiger partial charge in [-0.15, -0.1) is 0 Å². The number of carbonyl (C=O) groups excluding carboxylic acids is 2. The molecule has 220 valence electrons. The molecule has 0 aromatic carbocycles. The van der Waals surface area contributed by atoms with Crippen LogP contribution in [0.4, 0.5) is 0 Å². The van der Waals surface area contributed by atoms with Crippen LogP contribution in [0, 0.1) is 0 Å². The molecule has 0 saturated carbocycles. The molecule has 0 aliphatic rings. The fourth-order valence-corrected chi connectivity index (χ4v) is 3.01. The molecule has 0 aliphatic carbocycles. The Hall–Kier alpha value is -1.20. The van der Waals surface area contributed by atoms with E-state index in [1.165, 1.54) is 0 Å². The molecule has 0 spiro atoms. The SMILES string of the molecule is CO[Si](C)(C)OCCOCCOCCOCCOCCOCCOCCOCCOC(=O)CCC(=O)[O-]. The lowest BCUT2D eigenvalue weighted by Gasteiger charge is -2.19. The Balaban J connectivity index is 3.13. The molecule has 37 heavy (non-hydrogen) atoms. The van der Waals surface area contributed by atoms with Crippen molar-refractivity contribution in [2.75, 3.05) is 113 Å². The highest BCUT2D eigenvalue weighted by Crippen LogP contribution is 2.03. The van der Waals surface area contributed by atoms with E-state index >= 15 is 0 Å². The van der Waals surface area contributed by atoms with E-state index in [-0.39, 0.29) is 26.1 Å². The second kappa shape index (κ2) is 26.4. The fraction of sp³-hybridized carbons (Fsp3) is 0.913. The molecule has 0 heterocycles. The number of carboxylic acid groups (broad SMARTS) is 1. The second-order valence-electron chi connectivity index (χ2n) is 7.83. The Kier molecular flexibility index (Phi) is 25.5. The Labute approximate surface area is 221 Å². The van der Waals surface area contributed by atoms with Crippen LogP contribution in [0.25, 0.3) is 0 Å². The third-order valence-electron chi connectivity index (χ3n) is 4.42. The normalized spacial score (nSPS) is 11.6. The lowest BCUT2D eigenvalue weighted by molar-refractivity contribution is -0.305. The number of carboxylic acids is 1. The summed E-state index contributed by atoms with van der Waals surface area (Å²) in [5.74, 6) is -1.87. The van der Waals surface area contributed by atoms with Gasteiger partial charge >= 0.3 is 14.5 Å². The van der Waals surface area contributed by atoms with Crippen LogP contribution in [0.15, 0.2) is 0 Å². The Morgan fingerprint density at radius 3 is 1.19 bits per heavy atom. The van der Waals surface area contributed by atoms with Crippen LogP contribution in [-0.2, 0) is 56.3 Å². The van der Waals surface area contributed by atoms with Crippen LogP contribution in [0.1, 0.15) is 12.8 Å². The Morgan fingerprint density at radius 1 is 0.541 bits per heavy atom. The molecule has 0 unspecified atom stereocenters. The zero-order chi connectivity index (χ0) is 27.5. The van der Waals surface area contributed by atoms with Gasteiger partial charge in [-0.3, -0.25) is 4.79 Å². The average molecular weight is 558 g/mol. The van der Waals surface area contributed by atoms with Crippen molar-refractivity contribution in [3.05, 3.63) is 0 Å². The van der Waals surface area contributed by atoms with E-state index in [2.05, 4.69) is 0 Å². The van der Waals surface area contributed by atoms with E-state index in [0.29, 0.717) is 92.5 Å². The van der Waals surface area contributed by atoms with Crippen molar-refractivity contribution in [2.24, 2.45) is 0 Å². The minimum absolute atomic E-state index is 0.0654. The average Bonchev–Trinajstić information content (AvgIpc) is 2.87. The van der Waals surface area contributed by atoms with Gasteiger partial charge in [-0.05, 0) is 19.5 Å². The molecule has 0 amide bonds. The highest BCUT2D eigenvalue weighted by molar-refractivity contribution is 6.64. The monoisotopic (exact) mass is 557 g/mol. The molecule has 0 bridgehead atoms. The number of hydrogen-bond donors (Lipinski definition) is 0. The second-order valence-corrected chi connectivity index (χ2v) is 11.3. The number of rotatable bonds is 29. The highest BCUT2D eigenvalue weighted by Gasteiger charge is 2.21. The van der Waals surface area contributed by atoms with Crippen molar-refractivity contribution in [3.63, 3.8) is 0 Å². The van der Waals surface area contributed by atoms with Crippen molar-refractivity contribution in [1.82, 2.24) is 0 Å². The lowest BCUT2D eigenvalue weighted by atomic mass is 10.3. The zero-order valence-electron chi connectivity index (χ0n) is 22.5. The summed E-state index contributed by atoms with van der Waals surface area (Å²) < 4.78 is 53.4. The van der Waals surface area contributed by atoms with Gasteiger partial charge in [0.2, 0.25) is 0 Å². The Morgan fingerprint density at radius 2 is 0.865 bits per heavy atom. The summed E-state index contributed by atoms with van der Waals surface area (Å²) in [6.07, 6.45) is -0.554. The maximum atomic E-state index is 11.2. The number of carbonyl (C=O) groups is 2. The van der Waals surface area contributed by atoms with Crippen molar-refractivity contribution in [3.8, 4) is 0 Å². The molecule has 0 N–H and O–H groups in total. The molecule has 0 aromatic heterocycles. The first kappa shape index (κ1) is 35.8. The predicted molar refractivity (Wildman–Crippen MR) is 131 cm³/mol. The predicted octanol–water partition coefficient (Wildman–Crippen LogP) is -0.459. The number of ether oxygens (including phenoxy) is 8. The molecule has 0 fully saturated rings. The van der Waals surface area contributed by atoms with E-state index in [0.717, 1.165) is 0 Å². The van der Waals surface area contributed by atoms with E-state index in [1.54, 1.807) is 7.11 Å². The van der Waals surface area contributed by atoms with E-state index < -0.39 is 20.5 Å². The molecule has 0 atom stereocenters. The summed E-state index contributed by atoms with van der Waals surface area (Å²) in [7, 11) is -0.316. The first-order valence-electron chi connectivity index (χ1n) is 12.5. The van der Waals surface area contributed by atoms with Crippen molar-refractivity contribution in [1.29, 1.82) is 0 Å². The molecule has 0 radical (unpaired) electrons. The van der Waals surface area contributed by atoms with Crippen LogP contribution in [-0.4, -0.2) is 133 Å². The zero-order valence-corrected chi connectivity index (χ0v) is 23.5. The van der Waals surface area contributed by atoms with E-state index in [1.807, 2.05) is 13.1 Å². The number of hydrogen-bond acceptors (Lipinski definition) is 13. The van der Waals surface area contributed by atoms with Crippen molar-refractivity contribution in [2.45, 2.75) is 25.9 Å². The van der Waals surface area contributed by atoms with Crippen molar-refractivity contribution >= 4 is 20.5 Å². The third kappa shape index (κ3) is 29.2. The van der Waals surface area contributed by atoms with E-state index in [4.69, 9.17) is 46.7 Å². The fourth-order valence-electron chi connectivity index (χ4n) is 2.32.